The Balaban J connectivity index is 2.11. The predicted molar refractivity (Wildman–Crippen MR) is 43.0 cm³/mol. The molecule has 0 bridgehead atoms. The Hall–Kier alpha value is -0.410. The van der Waals surface area contributed by atoms with E-state index in [0.29, 0.717) is 6.61 Å². The molecule has 12 heavy (non-hydrogen) atoms. The van der Waals surface area contributed by atoms with E-state index in [2.05, 4.69) is 0 Å². The molecule has 1 spiro atoms. The topological polar surface area (TPSA) is 35.5 Å². The van der Waals surface area contributed by atoms with E-state index in [0.717, 1.165) is 19.4 Å². The molecule has 3 heteroatoms. The van der Waals surface area contributed by atoms with Gasteiger partial charge in [-0.15, -0.1) is 0 Å². The highest BCUT2D eigenvalue weighted by atomic mass is 16.6. The van der Waals surface area contributed by atoms with Crippen molar-refractivity contribution >= 4 is 5.78 Å². The second-order valence-corrected chi connectivity index (χ2v) is 4.09. The normalized spacial score (nSPS) is 39.7. The maximum Gasteiger partial charge on any atom is 0.198 e. The highest BCUT2D eigenvalue weighted by molar-refractivity contribution is 5.99. The lowest BCUT2D eigenvalue weighted by atomic mass is 9.76. The Morgan fingerprint density at radius 2 is 2.17 bits per heavy atom. The zero-order valence-corrected chi connectivity index (χ0v) is 7.55. The van der Waals surface area contributed by atoms with E-state index in [1.165, 1.54) is 0 Å². The number of ether oxygens (including phenoxy) is 2. The monoisotopic (exact) mass is 170 g/mol. The summed E-state index contributed by atoms with van der Waals surface area (Å²) in [7, 11) is 0. The van der Waals surface area contributed by atoms with Gasteiger partial charge in [0.2, 0.25) is 0 Å². The fraction of sp³-hybridized carbons (Fsp3) is 0.889. The van der Waals surface area contributed by atoms with Crippen LogP contribution in [0, 0.1) is 0 Å². The lowest BCUT2D eigenvalue weighted by Gasteiger charge is -2.52. The number of carbonyl (C=O) groups excluding carboxylic acids is 1. The van der Waals surface area contributed by atoms with Gasteiger partial charge in [-0.1, -0.05) is 0 Å². The van der Waals surface area contributed by atoms with Gasteiger partial charge in [0.05, 0.1) is 6.61 Å². The van der Waals surface area contributed by atoms with Gasteiger partial charge in [0.1, 0.15) is 5.60 Å². The van der Waals surface area contributed by atoms with Crippen LogP contribution in [0.1, 0.15) is 26.7 Å². The number of carbonyl (C=O) groups is 1. The quantitative estimate of drug-likeness (QED) is 0.542. The van der Waals surface area contributed by atoms with Crippen LogP contribution in [-0.4, -0.2) is 30.2 Å². The van der Waals surface area contributed by atoms with Gasteiger partial charge in [-0.05, 0) is 26.7 Å². The molecule has 1 unspecified atom stereocenters. The van der Waals surface area contributed by atoms with Crippen molar-refractivity contribution in [2.45, 2.75) is 37.9 Å². The highest BCUT2D eigenvalue weighted by Gasteiger charge is 2.60. The van der Waals surface area contributed by atoms with E-state index in [1.54, 1.807) is 0 Å². The lowest BCUT2D eigenvalue weighted by molar-refractivity contribution is -0.251. The highest BCUT2D eigenvalue weighted by Crippen LogP contribution is 2.42. The molecule has 2 fully saturated rings. The Bertz CT molecular complexity index is 214. The molecule has 2 aliphatic rings. The molecule has 0 amide bonds. The van der Waals surface area contributed by atoms with Gasteiger partial charge in [0.25, 0.3) is 0 Å². The van der Waals surface area contributed by atoms with Crippen molar-refractivity contribution in [3.8, 4) is 0 Å². The molecular weight excluding hydrogens is 156 g/mol. The summed E-state index contributed by atoms with van der Waals surface area (Å²) < 4.78 is 10.8. The van der Waals surface area contributed by atoms with Crippen molar-refractivity contribution in [3.05, 3.63) is 0 Å². The standard InChI is InChI=1S/C9H14O3/c1-8(2)7(10)9(12-8)4-3-5-11-6-9/h3-6H2,1-2H3. The van der Waals surface area contributed by atoms with Crippen LogP contribution in [0.15, 0.2) is 0 Å². The first kappa shape index (κ1) is 8.20. The molecule has 2 aliphatic heterocycles. The summed E-state index contributed by atoms with van der Waals surface area (Å²) in [6.07, 6.45) is 1.76. The van der Waals surface area contributed by atoms with Crippen LogP contribution in [0.2, 0.25) is 0 Å². The van der Waals surface area contributed by atoms with E-state index >= 15 is 0 Å². The largest absolute Gasteiger partial charge is 0.378 e. The maximum atomic E-state index is 11.7. The second kappa shape index (κ2) is 2.30. The third-order valence-electron chi connectivity index (χ3n) is 2.62. The number of ketones is 1. The smallest absolute Gasteiger partial charge is 0.198 e. The van der Waals surface area contributed by atoms with E-state index in [1.807, 2.05) is 13.8 Å². The molecule has 1 atom stereocenters. The fourth-order valence-corrected chi connectivity index (χ4v) is 2.11. The van der Waals surface area contributed by atoms with Crippen LogP contribution in [0.25, 0.3) is 0 Å². The average Bonchev–Trinajstić information content (AvgIpc) is 2.05. The van der Waals surface area contributed by atoms with Gasteiger partial charge in [0, 0.05) is 6.61 Å². The van der Waals surface area contributed by atoms with Crippen LogP contribution >= 0.6 is 0 Å². The first-order valence-corrected chi connectivity index (χ1v) is 4.40. The van der Waals surface area contributed by atoms with Gasteiger partial charge < -0.3 is 9.47 Å². The van der Waals surface area contributed by atoms with E-state index in [-0.39, 0.29) is 5.78 Å². The molecule has 0 aromatic heterocycles. The van der Waals surface area contributed by atoms with Crippen LogP contribution in [0.4, 0.5) is 0 Å². The minimum atomic E-state index is -0.569. The minimum Gasteiger partial charge on any atom is -0.378 e. The van der Waals surface area contributed by atoms with Gasteiger partial charge in [-0.3, -0.25) is 4.79 Å². The Labute approximate surface area is 72.0 Å². The first-order valence-electron chi connectivity index (χ1n) is 4.40. The number of Topliss-reactive ketones (excluding diaryl/α,β-unsaturated/α-hetero) is 1. The van der Waals surface area contributed by atoms with Crippen LogP contribution in [-0.2, 0) is 14.3 Å². The van der Waals surface area contributed by atoms with Gasteiger partial charge >= 0.3 is 0 Å². The third kappa shape index (κ3) is 0.930. The Kier molecular flexibility index (Phi) is 1.57. The molecule has 0 saturated carbocycles. The molecule has 0 aliphatic carbocycles. The summed E-state index contributed by atoms with van der Waals surface area (Å²) in [5.74, 6) is 0.203. The molecule has 68 valence electrons. The summed E-state index contributed by atoms with van der Waals surface area (Å²) in [5, 5.41) is 0. The number of rotatable bonds is 0. The molecule has 0 radical (unpaired) electrons. The number of hydrogen-bond donors (Lipinski definition) is 0. The van der Waals surface area contributed by atoms with Crippen LogP contribution < -0.4 is 0 Å². The zero-order valence-electron chi connectivity index (χ0n) is 7.55. The maximum absolute atomic E-state index is 11.7. The SMILES string of the molecule is CC1(C)OC2(CCCOC2)C1=O. The molecule has 2 saturated heterocycles. The molecular formula is C9H14O3. The Morgan fingerprint density at radius 3 is 2.58 bits per heavy atom. The van der Waals surface area contributed by atoms with Crippen LogP contribution in [0.3, 0.4) is 0 Å². The predicted octanol–water partition coefficient (Wildman–Crippen LogP) is 0.913. The van der Waals surface area contributed by atoms with Gasteiger partial charge in [-0.2, -0.15) is 0 Å². The number of hydrogen-bond acceptors (Lipinski definition) is 3. The molecule has 0 aromatic rings. The molecule has 0 aromatic carbocycles. The fourth-order valence-electron chi connectivity index (χ4n) is 2.11. The molecule has 3 nitrogen and oxygen atoms in total. The summed E-state index contributed by atoms with van der Waals surface area (Å²) >= 11 is 0. The van der Waals surface area contributed by atoms with E-state index in [9.17, 15) is 4.79 Å². The molecule has 2 rings (SSSR count). The Morgan fingerprint density at radius 1 is 1.42 bits per heavy atom. The van der Waals surface area contributed by atoms with Crippen molar-refractivity contribution in [1.82, 2.24) is 0 Å². The molecule has 0 N–H and O–H groups in total. The van der Waals surface area contributed by atoms with Crippen molar-refractivity contribution in [1.29, 1.82) is 0 Å². The zero-order chi connectivity index (χ0) is 8.82. The molecule has 2 heterocycles. The van der Waals surface area contributed by atoms with Crippen molar-refractivity contribution in [3.63, 3.8) is 0 Å². The second-order valence-electron chi connectivity index (χ2n) is 4.09. The summed E-state index contributed by atoms with van der Waals surface area (Å²) in [4.78, 5) is 11.7. The van der Waals surface area contributed by atoms with Gasteiger partial charge in [0.15, 0.2) is 11.4 Å². The summed E-state index contributed by atoms with van der Waals surface area (Å²) in [6.45, 7) is 4.85. The van der Waals surface area contributed by atoms with Crippen molar-refractivity contribution in [2.75, 3.05) is 13.2 Å². The lowest BCUT2D eigenvalue weighted by Crippen LogP contribution is -2.69. The van der Waals surface area contributed by atoms with Crippen LogP contribution in [0.5, 0.6) is 0 Å². The minimum absolute atomic E-state index is 0.203. The van der Waals surface area contributed by atoms with E-state index < -0.39 is 11.2 Å². The van der Waals surface area contributed by atoms with Gasteiger partial charge in [-0.25, -0.2) is 0 Å². The van der Waals surface area contributed by atoms with E-state index in [4.69, 9.17) is 9.47 Å². The van der Waals surface area contributed by atoms with Crippen molar-refractivity contribution in [2.24, 2.45) is 0 Å². The summed E-state index contributed by atoms with van der Waals surface area (Å²) in [6, 6.07) is 0. The van der Waals surface area contributed by atoms with Crippen molar-refractivity contribution < 1.29 is 14.3 Å². The first-order chi connectivity index (χ1) is 5.57. The average molecular weight is 170 g/mol. The summed E-state index contributed by atoms with van der Waals surface area (Å²) in [5.41, 5.74) is -1.14. The third-order valence-corrected chi connectivity index (χ3v) is 2.62.